The minimum Gasteiger partial charge on any atom is -0.497 e. The predicted molar refractivity (Wildman–Crippen MR) is 132 cm³/mol. The number of para-hydroxylation sites is 1. The molecule has 4 rings (SSSR count). The van der Waals surface area contributed by atoms with Crippen molar-refractivity contribution in [3.8, 4) is 17.2 Å². The molecule has 1 aliphatic heterocycles. The molecule has 1 heterocycles. The summed E-state index contributed by atoms with van der Waals surface area (Å²) in [4.78, 5) is 12.8. The maximum Gasteiger partial charge on any atom is 0.264 e. The molecule has 0 fully saturated rings. The Kier molecular flexibility index (Phi) is 7.21. The van der Waals surface area contributed by atoms with Gasteiger partial charge in [-0.2, -0.15) is 5.10 Å². The van der Waals surface area contributed by atoms with E-state index in [0.29, 0.717) is 41.7 Å². The zero-order valence-corrected chi connectivity index (χ0v) is 20.1. The summed E-state index contributed by atoms with van der Waals surface area (Å²) in [5.74, 6) is 1.09. The monoisotopic (exact) mass is 495 g/mol. The summed E-state index contributed by atoms with van der Waals surface area (Å²) >= 11 is 0. The lowest BCUT2D eigenvalue weighted by Gasteiger charge is -2.24. The van der Waals surface area contributed by atoms with E-state index in [1.165, 1.54) is 25.5 Å². The van der Waals surface area contributed by atoms with Gasteiger partial charge in [0.05, 0.1) is 23.9 Å². The van der Waals surface area contributed by atoms with E-state index in [4.69, 9.17) is 14.2 Å². The van der Waals surface area contributed by atoms with E-state index in [1.807, 2.05) is 6.92 Å². The number of hydrazone groups is 1. The summed E-state index contributed by atoms with van der Waals surface area (Å²) in [6, 6.07) is 18.2. The van der Waals surface area contributed by atoms with Gasteiger partial charge in [-0.1, -0.05) is 23.8 Å². The average Bonchev–Trinajstić information content (AvgIpc) is 2.88. The van der Waals surface area contributed by atoms with Crippen LogP contribution < -0.4 is 23.9 Å². The first kappa shape index (κ1) is 24.1. The normalized spacial score (nSPS) is 12.9. The summed E-state index contributed by atoms with van der Waals surface area (Å²) in [7, 11) is -2.52. The molecule has 0 aliphatic carbocycles. The Bertz CT molecular complexity index is 1320. The summed E-state index contributed by atoms with van der Waals surface area (Å²) in [5.41, 5.74) is 4.26. The molecule has 1 aliphatic rings. The molecule has 3 aromatic carbocycles. The number of benzene rings is 3. The molecule has 0 saturated heterocycles. The number of sulfonamides is 1. The topological polar surface area (TPSA) is 107 Å². The number of aryl methyl sites for hydroxylation is 1. The minimum absolute atomic E-state index is 0.0725. The Morgan fingerprint density at radius 1 is 1.06 bits per heavy atom. The second-order valence-corrected chi connectivity index (χ2v) is 9.55. The van der Waals surface area contributed by atoms with Crippen LogP contribution in [-0.4, -0.2) is 47.4 Å². The van der Waals surface area contributed by atoms with Crippen LogP contribution in [0, 0.1) is 6.92 Å². The number of ether oxygens (including phenoxy) is 3. The second-order valence-electron chi connectivity index (χ2n) is 7.69. The Balaban J connectivity index is 1.55. The van der Waals surface area contributed by atoms with Gasteiger partial charge in [-0.3, -0.25) is 9.10 Å². The number of fused-ring (bicyclic) bond motifs is 1. The molecular weight excluding hydrogens is 470 g/mol. The molecule has 182 valence electrons. The largest absolute Gasteiger partial charge is 0.497 e. The van der Waals surface area contributed by atoms with Crippen LogP contribution in [0.25, 0.3) is 0 Å². The first-order chi connectivity index (χ1) is 16.9. The number of amides is 1. The summed E-state index contributed by atoms with van der Waals surface area (Å²) < 4.78 is 44.2. The quantitative estimate of drug-likeness (QED) is 0.380. The van der Waals surface area contributed by atoms with Crippen molar-refractivity contribution >= 4 is 27.8 Å². The van der Waals surface area contributed by atoms with E-state index in [-0.39, 0.29) is 4.90 Å². The van der Waals surface area contributed by atoms with Crippen LogP contribution in [-0.2, 0) is 14.8 Å². The van der Waals surface area contributed by atoms with Crippen LogP contribution >= 0.6 is 0 Å². The Morgan fingerprint density at radius 2 is 1.77 bits per heavy atom. The summed E-state index contributed by atoms with van der Waals surface area (Å²) in [5, 5.41) is 3.99. The number of carbonyl (C=O) groups excluding carboxylic acids is 1. The standard InChI is InChI=1S/C25H25N3O6S/c1-18-6-12-22(13-7-18)35(30,31)28(20-8-10-21(32-2)11-9-20)17-24(29)27-26-16-19-4-3-5-23-25(19)34-15-14-33-23/h3-13,16H,14-15,17H2,1-2H3,(H,27,29)/b26-16-. The van der Waals surface area contributed by atoms with E-state index < -0.39 is 22.5 Å². The molecule has 0 aromatic heterocycles. The average molecular weight is 496 g/mol. The predicted octanol–water partition coefficient (Wildman–Crippen LogP) is 3.12. The van der Waals surface area contributed by atoms with Gasteiger partial charge in [-0.25, -0.2) is 13.8 Å². The van der Waals surface area contributed by atoms with Gasteiger partial charge < -0.3 is 14.2 Å². The summed E-state index contributed by atoms with van der Waals surface area (Å²) in [6.07, 6.45) is 1.43. The molecule has 0 radical (unpaired) electrons. The van der Waals surface area contributed by atoms with E-state index in [0.717, 1.165) is 9.87 Å². The number of nitrogens with zero attached hydrogens (tertiary/aromatic N) is 2. The van der Waals surface area contributed by atoms with Gasteiger partial charge in [0.1, 0.15) is 25.5 Å². The zero-order chi connectivity index (χ0) is 24.8. The smallest absolute Gasteiger partial charge is 0.264 e. The van der Waals surface area contributed by atoms with Crippen LogP contribution in [0.15, 0.2) is 76.7 Å². The van der Waals surface area contributed by atoms with E-state index in [2.05, 4.69) is 10.5 Å². The van der Waals surface area contributed by atoms with Crippen LogP contribution in [0.2, 0.25) is 0 Å². The zero-order valence-electron chi connectivity index (χ0n) is 19.3. The third-order valence-corrected chi connectivity index (χ3v) is 7.03. The SMILES string of the molecule is COc1ccc(N(CC(=O)N/N=C\c2cccc3c2OCCO3)S(=O)(=O)c2ccc(C)cc2)cc1. The van der Waals surface area contributed by atoms with Crippen molar-refractivity contribution in [3.05, 3.63) is 77.9 Å². The molecule has 0 bridgehead atoms. The first-order valence-electron chi connectivity index (χ1n) is 10.8. The maximum atomic E-state index is 13.4. The van der Waals surface area contributed by atoms with Crippen LogP contribution in [0.4, 0.5) is 5.69 Å². The third kappa shape index (κ3) is 5.55. The van der Waals surface area contributed by atoms with Gasteiger partial charge in [0.15, 0.2) is 11.5 Å². The van der Waals surface area contributed by atoms with Crippen molar-refractivity contribution in [2.75, 3.05) is 31.2 Å². The van der Waals surface area contributed by atoms with E-state index in [1.54, 1.807) is 54.6 Å². The lowest BCUT2D eigenvalue weighted by atomic mass is 10.2. The molecule has 0 spiro atoms. The van der Waals surface area contributed by atoms with Crippen molar-refractivity contribution < 1.29 is 27.4 Å². The molecule has 10 heteroatoms. The maximum absolute atomic E-state index is 13.4. The van der Waals surface area contributed by atoms with E-state index in [9.17, 15) is 13.2 Å². The number of hydrogen-bond donors (Lipinski definition) is 1. The lowest BCUT2D eigenvalue weighted by molar-refractivity contribution is -0.119. The van der Waals surface area contributed by atoms with Crippen molar-refractivity contribution in [2.24, 2.45) is 5.10 Å². The summed E-state index contributed by atoms with van der Waals surface area (Å²) in [6.45, 7) is 2.26. The lowest BCUT2D eigenvalue weighted by Crippen LogP contribution is -2.39. The van der Waals surface area contributed by atoms with E-state index >= 15 is 0 Å². The van der Waals surface area contributed by atoms with Gasteiger partial charge in [0.2, 0.25) is 0 Å². The molecule has 0 unspecified atom stereocenters. The van der Waals surface area contributed by atoms with Crippen LogP contribution in [0.1, 0.15) is 11.1 Å². The number of hydrogen-bond acceptors (Lipinski definition) is 7. The first-order valence-corrected chi connectivity index (χ1v) is 12.3. The Morgan fingerprint density at radius 3 is 2.49 bits per heavy atom. The van der Waals surface area contributed by atoms with Gasteiger partial charge in [0, 0.05) is 5.56 Å². The number of anilines is 1. The molecule has 35 heavy (non-hydrogen) atoms. The van der Waals surface area contributed by atoms with Crippen LogP contribution in [0.3, 0.4) is 0 Å². The van der Waals surface area contributed by atoms with Crippen molar-refractivity contribution in [1.82, 2.24) is 5.43 Å². The second kappa shape index (κ2) is 10.5. The number of rotatable bonds is 8. The third-order valence-electron chi connectivity index (χ3n) is 5.25. The number of carbonyl (C=O) groups is 1. The number of nitrogens with one attached hydrogen (secondary N) is 1. The van der Waals surface area contributed by atoms with Gasteiger partial charge >= 0.3 is 0 Å². The fourth-order valence-electron chi connectivity index (χ4n) is 3.44. The van der Waals surface area contributed by atoms with Gasteiger partial charge in [0.25, 0.3) is 15.9 Å². The van der Waals surface area contributed by atoms with Gasteiger partial charge in [-0.05, 0) is 55.5 Å². The van der Waals surface area contributed by atoms with Crippen molar-refractivity contribution in [1.29, 1.82) is 0 Å². The van der Waals surface area contributed by atoms with Gasteiger partial charge in [-0.15, -0.1) is 0 Å². The molecule has 3 aromatic rings. The molecular formula is C25H25N3O6S. The molecule has 0 saturated carbocycles. The highest BCUT2D eigenvalue weighted by atomic mass is 32.2. The highest BCUT2D eigenvalue weighted by molar-refractivity contribution is 7.92. The van der Waals surface area contributed by atoms with Crippen LogP contribution in [0.5, 0.6) is 17.2 Å². The highest BCUT2D eigenvalue weighted by Gasteiger charge is 2.27. The fourth-order valence-corrected chi connectivity index (χ4v) is 4.86. The Hall–Kier alpha value is -4.05. The van der Waals surface area contributed by atoms with Crippen molar-refractivity contribution in [3.63, 3.8) is 0 Å². The molecule has 0 atom stereocenters. The molecule has 9 nitrogen and oxygen atoms in total. The molecule has 1 N–H and O–H groups in total. The Labute approximate surface area is 204 Å². The van der Waals surface area contributed by atoms with Crippen molar-refractivity contribution in [2.45, 2.75) is 11.8 Å². The molecule has 1 amide bonds. The number of methoxy groups -OCH3 is 1. The fraction of sp³-hybridized carbons (Fsp3) is 0.200. The highest BCUT2D eigenvalue weighted by Crippen LogP contribution is 2.32. The minimum atomic E-state index is -4.03.